The molecule has 5 heteroatoms. The maximum absolute atomic E-state index is 6.91. The van der Waals surface area contributed by atoms with Crippen molar-refractivity contribution < 1.29 is 0 Å². The first-order valence-corrected chi connectivity index (χ1v) is 20.3. The molecule has 1 atom stereocenters. The maximum atomic E-state index is 6.91. The summed E-state index contributed by atoms with van der Waals surface area (Å²) < 4.78 is 2.45. The second-order valence-electron chi connectivity index (χ2n) is 15.3. The molecule has 0 aliphatic heterocycles. The van der Waals surface area contributed by atoms with Crippen LogP contribution >= 0.6 is 0 Å². The van der Waals surface area contributed by atoms with Crippen LogP contribution in [0, 0.1) is 0 Å². The van der Waals surface area contributed by atoms with Gasteiger partial charge in [-0.3, -0.25) is 5.32 Å². The van der Waals surface area contributed by atoms with Gasteiger partial charge < -0.3 is 15.6 Å². The normalized spacial score (nSPS) is 14.0. The topological polar surface area (TPSA) is 67.4 Å². The minimum atomic E-state index is -0.385. The largest absolute Gasteiger partial charge is 0.388 e. The van der Waals surface area contributed by atoms with Crippen molar-refractivity contribution in [3.8, 4) is 27.9 Å². The minimum Gasteiger partial charge on any atom is -0.388 e. The average molecular weight is 752 g/mol. The van der Waals surface area contributed by atoms with Gasteiger partial charge in [-0.05, 0) is 87.2 Å². The van der Waals surface area contributed by atoms with Gasteiger partial charge in [0.15, 0.2) is 0 Å². The number of aliphatic imine (C=N–C) groups is 1. The molecule has 58 heavy (non-hydrogen) atoms. The molecule has 4 N–H and O–H groups in total. The predicted octanol–water partition coefficient (Wildman–Crippen LogP) is 12.0. The third-order valence-electron chi connectivity index (χ3n) is 11.9. The van der Waals surface area contributed by atoms with E-state index in [1.54, 1.807) is 0 Å². The number of nitrogens with one attached hydrogen (secondary N) is 2. The molecule has 0 bridgehead atoms. The van der Waals surface area contributed by atoms with Crippen LogP contribution < -0.4 is 16.4 Å². The molecule has 0 fully saturated rings. The average Bonchev–Trinajstić information content (AvgIpc) is 3.84. The molecule has 0 spiro atoms. The Balaban J connectivity index is 1.02. The van der Waals surface area contributed by atoms with E-state index in [-0.39, 0.29) is 6.17 Å². The monoisotopic (exact) mass is 751 g/mol. The van der Waals surface area contributed by atoms with Crippen LogP contribution in [-0.2, 0) is 13.0 Å². The second-order valence-corrected chi connectivity index (χ2v) is 15.3. The summed E-state index contributed by atoms with van der Waals surface area (Å²) in [6.45, 7) is 0.603. The number of aromatic nitrogens is 1. The van der Waals surface area contributed by atoms with Crippen LogP contribution in [0.4, 0.5) is 5.69 Å². The van der Waals surface area contributed by atoms with Gasteiger partial charge in [-0.1, -0.05) is 152 Å². The fourth-order valence-corrected chi connectivity index (χ4v) is 9.02. The summed E-state index contributed by atoms with van der Waals surface area (Å²) in [5.74, 6) is 0.507. The van der Waals surface area contributed by atoms with E-state index in [1.807, 2.05) is 7.05 Å². The summed E-state index contributed by atoms with van der Waals surface area (Å²) in [6.07, 6.45) is 9.14. The number of benzene rings is 7. The number of nitrogens with two attached hydrogens (primary N) is 1. The molecule has 282 valence electrons. The van der Waals surface area contributed by atoms with E-state index in [4.69, 9.17) is 10.7 Å². The van der Waals surface area contributed by atoms with Crippen LogP contribution in [-0.4, -0.2) is 17.5 Å². The summed E-state index contributed by atoms with van der Waals surface area (Å²) in [5.41, 5.74) is 25.0. The van der Waals surface area contributed by atoms with E-state index in [1.165, 1.54) is 77.6 Å². The van der Waals surface area contributed by atoms with Crippen molar-refractivity contribution in [3.05, 3.63) is 209 Å². The number of nitrogens with zero attached hydrogens (tertiary/aromatic N) is 2. The number of amidine groups is 1. The zero-order chi connectivity index (χ0) is 39.0. The van der Waals surface area contributed by atoms with Crippen LogP contribution in [0.15, 0.2) is 181 Å². The SMILES string of the molecule is CNc1ccccc1-c1ccccc1CNC(N=C(N)c1ccc(C2=CC=CCC2)cc1)c1ccc2c(c1)Cc1c-2cccc1-n1c2ccccc2c2ccccc21. The van der Waals surface area contributed by atoms with Gasteiger partial charge in [0.05, 0.1) is 16.7 Å². The summed E-state index contributed by atoms with van der Waals surface area (Å²) in [4.78, 5) is 5.25. The van der Waals surface area contributed by atoms with Crippen LogP contribution in [0.3, 0.4) is 0 Å². The van der Waals surface area contributed by atoms with Gasteiger partial charge in [-0.25, -0.2) is 4.99 Å². The lowest BCUT2D eigenvalue weighted by atomic mass is 9.96. The Morgan fingerprint density at radius 1 is 0.707 bits per heavy atom. The van der Waals surface area contributed by atoms with Crippen molar-refractivity contribution in [2.45, 2.75) is 32.0 Å². The van der Waals surface area contributed by atoms with Crippen molar-refractivity contribution in [2.75, 3.05) is 12.4 Å². The number of fused-ring (bicyclic) bond motifs is 6. The highest BCUT2D eigenvalue weighted by Gasteiger charge is 2.25. The lowest BCUT2D eigenvalue weighted by Gasteiger charge is -2.20. The molecule has 1 heterocycles. The van der Waals surface area contributed by atoms with Crippen LogP contribution in [0.5, 0.6) is 0 Å². The minimum absolute atomic E-state index is 0.385. The Bertz CT molecular complexity index is 2870. The van der Waals surface area contributed by atoms with Crippen LogP contribution in [0.2, 0.25) is 0 Å². The van der Waals surface area contributed by atoms with Crippen molar-refractivity contribution in [1.29, 1.82) is 0 Å². The highest BCUT2D eigenvalue weighted by molar-refractivity contribution is 6.09. The van der Waals surface area contributed by atoms with E-state index in [0.717, 1.165) is 36.1 Å². The van der Waals surface area contributed by atoms with Gasteiger partial charge in [0.1, 0.15) is 12.0 Å². The lowest BCUT2D eigenvalue weighted by Crippen LogP contribution is -2.24. The Hall–Kier alpha value is -6.95. The first-order chi connectivity index (χ1) is 28.6. The molecule has 0 radical (unpaired) electrons. The zero-order valence-corrected chi connectivity index (χ0v) is 32.6. The number of hydrogen-bond acceptors (Lipinski definition) is 3. The molecule has 0 saturated heterocycles. The van der Waals surface area contributed by atoms with E-state index >= 15 is 0 Å². The molecular weight excluding hydrogens is 707 g/mol. The molecule has 8 aromatic rings. The molecule has 0 saturated carbocycles. The smallest absolute Gasteiger partial charge is 0.128 e. The molecule has 10 rings (SSSR count). The van der Waals surface area contributed by atoms with Gasteiger partial charge >= 0.3 is 0 Å². The fraction of sp³-hybridized carbons (Fsp3) is 0.113. The van der Waals surface area contributed by atoms with E-state index in [0.29, 0.717) is 12.4 Å². The first kappa shape index (κ1) is 35.5. The number of para-hydroxylation sites is 3. The Kier molecular flexibility index (Phi) is 9.28. The molecule has 2 aliphatic rings. The van der Waals surface area contributed by atoms with E-state index < -0.39 is 0 Å². The third kappa shape index (κ3) is 6.40. The van der Waals surface area contributed by atoms with Crippen molar-refractivity contribution in [2.24, 2.45) is 10.7 Å². The van der Waals surface area contributed by atoms with Gasteiger partial charge in [-0.15, -0.1) is 0 Å². The van der Waals surface area contributed by atoms with E-state index in [2.05, 4.69) is 191 Å². The molecule has 1 unspecified atom stereocenters. The molecule has 5 nitrogen and oxygen atoms in total. The number of anilines is 1. The van der Waals surface area contributed by atoms with Gasteiger partial charge in [0.25, 0.3) is 0 Å². The lowest BCUT2D eigenvalue weighted by molar-refractivity contribution is 0.554. The number of rotatable bonds is 10. The molecule has 7 aromatic carbocycles. The highest BCUT2D eigenvalue weighted by Crippen LogP contribution is 2.43. The van der Waals surface area contributed by atoms with Crippen molar-refractivity contribution in [1.82, 2.24) is 9.88 Å². The van der Waals surface area contributed by atoms with Crippen LogP contribution in [0.25, 0.3) is 55.3 Å². The zero-order valence-electron chi connectivity index (χ0n) is 32.6. The van der Waals surface area contributed by atoms with Gasteiger partial charge in [0.2, 0.25) is 0 Å². The summed E-state index contributed by atoms with van der Waals surface area (Å²) >= 11 is 0. The molecule has 0 amide bonds. The van der Waals surface area contributed by atoms with Gasteiger partial charge in [0, 0.05) is 47.6 Å². The molecule has 1 aromatic heterocycles. The Morgan fingerprint density at radius 3 is 2.17 bits per heavy atom. The predicted molar refractivity (Wildman–Crippen MR) is 244 cm³/mol. The quantitative estimate of drug-likeness (QED) is 0.0963. The Labute approximate surface area is 339 Å². The Morgan fingerprint density at radius 2 is 1.41 bits per heavy atom. The molecule has 2 aliphatic carbocycles. The third-order valence-corrected chi connectivity index (χ3v) is 11.9. The first-order valence-electron chi connectivity index (χ1n) is 20.3. The number of hydrogen-bond donors (Lipinski definition) is 3. The maximum Gasteiger partial charge on any atom is 0.128 e. The van der Waals surface area contributed by atoms with Crippen LogP contribution in [0.1, 0.15) is 52.4 Å². The van der Waals surface area contributed by atoms with Crippen molar-refractivity contribution >= 4 is 38.9 Å². The second kappa shape index (κ2) is 15.2. The summed E-state index contributed by atoms with van der Waals surface area (Å²) in [6, 6.07) is 56.7. The number of allylic oxidation sites excluding steroid dienone is 4. The van der Waals surface area contributed by atoms with Crippen molar-refractivity contribution in [3.63, 3.8) is 0 Å². The standard InChI is InChI=1S/C53H45N5/c1-55-48-22-10-7-18-44(48)41-17-6-5-16-39(41)34-56-53(57-52(54)37-28-26-36(27-29-37)35-14-3-2-4-15-35)38-30-31-42-40(32-38)33-47-43(42)21-13-25-51(47)58-49-23-11-8-19-45(49)46-20-9-12-24-50(46)58/h2-3,5-14,16-32,53,55-56H,4,15,33-34H2,1H3,(H2,54,57). The highest BCUT2D eigenvalue weighted by atomic mass is 15.1. The van der Waals surface area contributed by atoms with Gasteiger partial charge in [-0.2, -0.15) is 0 Å². The van der Waals surface area contributed by atoms with E-state index in [9.17, 15) is 0 Å². The summed E-state index contributed by atoms with van der Waals surface area (Å²) in [7, 11) is 1.97. The summed E-state index contributed by atoms with van der Waals surface area (Å²) in [5, 5.41) is 9.76. The molecular formula is C53H45N5. The fourth-order valence-electron chi connectivity index (χ4n) is 9.02.